The highest BCUT2D eigenvalue weighted by Gasteiger charge is 2.08. The molecule has 0 unspecified atom stereocenters. The molecule has 0 saturated carbocycles. The van der Waals surface area contributed by atoms with Crippen molar-refractivity contribution in [2.75, 3.05) is 6.61 Å². The summed E-state index contributed by atoms with van der Waals surface area (Å²) in [5.41, 5.74) is 6.05. The molecular weight excluding hydrogens is 218 g/mol. The second kappa shape index (κ2) is 7.49. The Morgan fingerprint density at radius 1 is 1.47 bits per heavy atom. The molecule has 0 aliphatic heterocycles. The van der Waals surface area contributed by atoms with Crippen LogP contribution in [0.5, 0.6) is 5.88 Å². The largest absolute Gasteiger partial charge is 0.477 e. The molecule has 94 valence electrons. The maximum absolute atomic E-state index is 8.63. The van der Waals surface area contributed by atoms with Gasteiger partial charge < -0.3 is 15.7 Å². The van der Waals surface area contributed by atoms with Crippen LogP contribution in [-0.4, -0.2) is 22.6 Å². The molecule has 0 atom stereocenters. The highest BCUT2D eigenvalue weighted by atomic mass is 16.5. The molecule has 5 nitrogen and oxygen atoms in total. The molecule has 17 heavy (non-hydrogen) atoms. The average molecular weight is 237 g/mol. The first kappa shape index (κ1) is 13.3. The van der Waals surface area contributed by atoms with E-state index < -0.39 is 0 Å². The van der Waals surface area contributed by atoms with Gasteiger partial charge in [-0.15, -0.1) is 0 Å². The van der Waals surface area contributed by atoms with Crippen molar-refractivity contribution in [3.05, 3.63) is 23.9 Å². The molecule has 0 amide bonds. The number of aromatic nitrogens is 1. The van der Waals surface area contributed by atoms with Gasteiger partial charge in [-0.1, -0.05) is 31.3 Å². The quantitative estimate of drug-likeness (QED) is 0.250. The lowest BCUT2D eigenvalue weighted by atomic mass is 10.2. The van der Waals surface area contributed by atoms with Crippen molar-refractivity contribution in [1.82, 2.24) is 4.98 Å². The van der Waals surface area contributed by atoms with Crippen LogP contribution in [0.25, 0.3) is 0 Å². The molecule has 0 fully saturated rings. The molecule has 0 aliphatic carbocycles. The van der Waals surface area contributed by atoms with Crippen LogP contribution in [0.15, 0.2) is 23.5 Å². The number of oxime groups is 1. The van der Waals surface area contributed by atoms with E-state index in [0.29, 0.717) is 18.1 Å². The summed E-state index contributed by atoms with van der Waals surface area (Å²) in [5, 5.41) is 11.6. The molecule has 0 aliphatic rings. The van der Waals surface area contributed by atoms with Crippen molar-refractivity contribution < 1.29 is 9.94 Å². The molecule has 1 heterocycles. The van der Waals surface area contributed by atoms with Crippen molar-refractivity contribution >= 4 is 5.84 Å². The summed E-state index contributed by atoms with van der Waals surface area (Å²) < 4.78 is 5.52. The Morgan fingerprint density at radius 2 is 2.29 bits per heavy atom. The van der Waals surface area contributed by atoms with Gasteiger partial charge in [0.2, 0.25) is 5.88 Å². The summed E-state index contributed by atoms with van der Waals surface area (Å²) in [6.45, 7) is 2.76. The van der Waals surface area contributed by atoms with Gasteiger partial charge in [-0.05, 0) is 18.6 Å². The number of pyridine rings is 1. The third kappa shape index (κ3) is 4.30. The molecule has 0 spiro atoms. The van der Waals surface area contributed by atoms with Crippen LogP contribution in [0.1, 0.15) is 38.2 Å². The Kier molecular flexibility index (Phi) is 5.85. The van der Waals surface area contributed by atoms with E-state index in [1.165, 1.54) is 12.8 Å². The fraction of sp³-hybridized carbons (Fsp3) is 0.500. The second-order valence-electron chi connectivity index (χ2n) is 3.75. The Morgan fingerprint density at radius 3 is 3.00 bits per heavy atom. The van der Waals surface area contributed by atoms with Crippen molar-refractivity contribution in [3.63, 3.8) is 0 Å². The molecule has 0 saturated heterocycles. The third-order valence-corrected chi connectivity index (χ3v) is 2.39. The number of nitrogens with zero attached hydrogens (tertiary/aromatic N) is 2. The summed E-state index contributed by atoms with van der Waals surface area (Å²) in [6, 6.07) is 3.43. The second-order valence-corrected chi connectivity index (χ2v) is 3.75. The van der Waals surface area contributed by atoms with Crippen molar-refractivity contribution in [1.29, 1.82) is 0 Å². The fourth-order valence-corrected chi connectivity index (χ4v) is 1.45. The topological polar surface area (TPSA) is 80.7 Å². The molecule has 0 aromatic carbocycles. The zero-order chi connectivity index (χ0) is 12.5. The van der Waals surface area contributed by atoms with Gasteiger partial charge in [0, 0.05) is 6.20 Å². The predicted octanol–water partition coefficient (Wildman–Crippen LogP) is 2.14. The maximum Gasteiger partial charge on any atom is 0.224 e. The lowest BCUT2D eigenvalue weighted by Crippen LogP contribution is -2.15. The summed E-state index contributed by atoms with van der Waals surface area (Å²) >= 11 is 0. The van der Waals surface area contributed by atoms with Gasteiger partial charge in [0.15, 0.2) is 5.84 Å². The van der Waals surface area contributed by atoms with E-state index in [1.807, 2.05) is 0 Å². The molecular formula is C12H19N3O2. The Labute approximate surface area is 101 Å². The Hall–Kier alpha value is -1.78. The highest BCUT2D eigenvalue weighted by molar-refractivity contribution is 5.98. The lowest BCUT2D eigenvalue weighted by Gasteiger charge is -2.08. The SMILES string of the molecule is CCCCCCOc1ncccc1/C(N)=N/O. The monoisotopic (exact) mass is 237 g/mol. The lowest BCUT2D eigenvalue weighted by molar-refractivity contribution is 0.292. The van der Waals surface area contributed by atoms with Crippen LogP contribution >= 0.6 is 0 Å². The Bertz CT molecular complexity index is 367. The molecule has 5 heteroatoms. The van der Waals surface area contributed by atoms with Crippen LogP contribution in [0.3, 0.4) is 0 Å². The van der Waals surface area contributed by atoms with Gasteiger partial charge in [0.25, 0.3) is 0 Å². The summed E-state index contributed by atoms with van der Waals surface area (Å²) in [4.78, 5) is 4.07. The predicted molar refractivity (Wildman–Crippen MR) is 66.4 cm³/mol. The van der Waals surface area contributed by atoms with Gasteiger partial charge >= 0.3 is 0 Å². The van der Waals surface area contributed by atoms with E-state index in [1.54, 1.807) is 18.3 Å². The summed E-state index contributed by atoms with van der Waals surface area (Å²) in [7, 11) is 0. The Balaban J connectivity index is 2.53. The number of hydrogen-bond acceptors (Lipinski definition) is 4. The number of hydrogen-bond donors (Lipinski definition) is 2. The number of ether oxygens (including phenoxy) is 1. The van der Waals surface area contributed by atoms with Gasteiger partial charge in [-0.3, -0.25) is 0 Å². The smallest absolute Gasteiger partial charge is 0.224 e. The standard InChI is InChI=1S/C12H19N3O2/c1-2-3-4-5-9-17-12-10(11(13)15-16)7-6-8-14-12/h6-8,16H,2-5,9H2,1H3,(H2,13,15). The van der Waals surface area contributed by atoms with E-state index in [2.05, 4.69) is 17.1 Å². The van der Waals surface area contributed by atoms with Crippen LogP contribution in [0.4, 0.5) is 0 Å². The van der Waals surface area contributed by atoms with E-state index in [-0.39, 0.29) is 5.84 Å². The average Bonchev–Trinajstić information content (AvgIpc) is 2.38. The van der Waals surface area contributed by atoms with Gasteiger partial charge in [0.05, 0.1) is 12.2 Å². The summed E-state index contributed by atoms with van der Waals surface area (Å²) in [6.07, 6.45) is 6.15. The third-order valence-electron chi connectivity index (χ3n) is 2.39. The van der Waals surface area contributed by atoms with Crippen molar-refractivity contribution in [2.24, 2.45) is 10.9 Å². The van der Waals surface area contributed by atoms with Gasteiger partial charge in [0.1, 0.15) is 0 Å². The van der Waals surface area contributed by atoms with Gasteiger partial charge in [-0.2, -0.15) is 0 Å². The minimum absolute atomic E-state index is 0.0154. The first-order valence-corrected chi connectivity index (χ1v) is 5.85. The van der Waals surface area contributed by atoms with E-state index in [9.17, 15) is 0 Å². The molecule has 1 rings (SSSR count). The maximum atomic E-state index is 8.63. The zero-order valence-corrected chi connectivity index (χ0v) is 10.1. The minimum atomic E-state index is 0.0154. The van der Waals surface area contributed by atoms with E-state index in [0.717, 1.165) is 12.8 Å². The zero-order valence-electron chi connectivity index (χ0n) is 10.1. The first-order chi connectivity index (χ1) is 8.29. The van der Waals surface area contributed by atoms with E-state index in [4.69, 9.17) is 15.7 Å². The summed E-state index contributed by atoms with van der Waals surface area (Å²) in [5.74, 6) is 0.431. The molecule has 3 N–H and O–H groups in total. The normalized spacial score (nSPS) is 11.5. The minimum Gasteiger partial charge on any atom is -0.477 e. The van der Waals surface area contributed by atoms with Crippen molar-refractivity contribution in [3.8, 4) is 5.88 Å². The first-order valence-electron chi connectivity index (χ1n) is 5.85. The number of amidine groups is 1. The molecule has 1 aromatic heterocycles. The molecule has 0 radical (unpaired) electrons. The van der Waals surface area contributed by atoms with Crippen LogP contribution in [0, 0.1) is 0 Å². The number of unbranched alkanes of at least 4 members (excludes halogenated alkanes) is 3. The molecule has 0 bridgehead atoms. The highest BCUT2D eigenvalue weighted by Crippen LogP contribution is 2.14. The van der Waals surface area contributed by atoms with Crippen LogP contribution in [0.2, 0.25) is 0 Å². The number of rotatable bonds is 7. The van der Waals surface area contributed by atoms with Gasteiger partial charge in [-0.25, -0.2) is 4.98 Å². The molecule has 1 aromatic rings. The number of nitrogens with two attached hydrogens (primary N) is 1. The van der Waals surface area contributed by atoms with Crippen LogP contribution in [-0.2, 0) is 0 Å². The van der Waals surface area contributed by atoms with Crippen molar-refractivity contribution in [2.45, 2.75) is 32.6 Å². The fourth-order valence-electron chi connectivity index (χ4n) is 1.45. The van der Waals surface area contributed by atoms with Crippen LogP contribution < -0.4 is 10.5 Å². The van der Waals surface area contributed by atoms with E-state index >= 15 is 0 Å².